The van der Waals surface area contributed by atoms with E-state index in [1.807, 2.05) is 18.2 Å². The van der Waals surface area contributed by atoms with Gasteiger partial charge in [0.1, 0.15) is 5.75 Å². The molecule has 0 aliphatic carbocycles. The fourth-order valence-electron chi connectivity index (χ4n) is 1.78. The van der Waals surface area contributed by atoms with Crippen molar-refractivity contribution in [2.24, 2.45) is 0 Å². The van der Waals surface area contributed by atoms with Gasteiger partial charge in [-0.05, 0) is 35.2 Å². The first kappa shape index (κ1) is 12.0. The van der Waals surface area contributed by atoms with Crippen LogP contribution in [0.2, 0.25) is 5.02 Å². The molecule has 0 radical (unpaired) electrons. The highest BCUT2D eigenvalue weighted by molar-refractivity contribution is 6.32. The van der Waals surface area contributed by atoms with E-state index in [1.165, 1.54) is 11.1 Å². The third-order valence-electron chi connectivity index (χ3n) is 2.85. The number of ether oxygens (including phenoxy) is 1. The molecule has 0 heterocycles. The van der Waals surface area contributed by atoms with E-state index in [9.17, 15) is 0 Å². The maximum absolute atomic E-state index is 6.11. The molecule has 0 aliphatic heterocycles. The summed E-state index contributed by atoms with van der Waals surface area (Å²) in [5.74, 6) is 0.709. The minimum atomic E-state index is 0.643. The summed E-state index contributed by atoms with van der Waals surface area (Å²) in [5, 5.41) is 0.643. The van der Waals surface area contributed by atoms with E-state index in [1.54, 1.807) is 7.11 Å². The topological polar surface area (TPSA) is 9.23 Å². The molecular weight excluding hydrogens is 232 g/mol. The Morgan fingerprint density at radius 1 is 1.00 bits per heavy atom. The van der Waals surface area contributed by atoms with Crippen molar-refractivity contribution in [3.05, 3.63) is 53.1 Å². The lowest BCUT2D eigenvalue weighted by molar-refractivity contribution is 0.415. The lowest BCUT2D eigenvalue weighted by Crippen LogP contribution is -1.85. The van der Waals surface area contributed by atoms with Crippen LogP contribution in [-0.4, -0.2) is 7.11 Å². The molecule has 0 atom stereocenters. The van der Waals surface area contributed by atoms with Gasteiger partial charge in [-0.25, -0.2) is 0 Å². The van der Waals surface area contributed by atoms with E-state index in [-0.39, 0.29) is 0 Å². The van der Waals surface area contributed by atoms with E-state index >= 15 is 0 Å². The fourth-order valence-corrected chi connectivity index (χ4v) is 2.04. The van der Waals surface area contributed by atoms with Crippen LogP contribution in [-0.2, 0) is 6.42 Å². The minimum absolute atomic E-state index is 0.643. The second kappa shape index (κ2) is 5.24. The Balaban J connectivity index is 2.35. The van der Waals surface area contributed by atoms with Crippen molar-refractivity contribution in [2.75, 3.05) is 7.11 Å². The molecule has 17 heavy (non-hydrogen) atoms. The zero-order valence-corrected chi connectivity index (χ0v) is 10.8. The maximum Gasteiger partial charge on any atom is 0.137 e. The van der Waals surface area contributed by atoms with Crippen LogP contribution in [0.1, 0.15) is 12.5 Å². The molecule has 0 amide bonds. The summed E-state index contributed by atoms with van der Waals surface area (Å²) in [5.41, 5.74) is 3.62. The number of hydrogen-bond acceptors (Lipinski definition) is 1. The lowest BCUT2D eigenvalue weighted by Gasteiger charge is -2.07. The van der Waals surface area contributed by atoms with E-state index in [0.717, 1.165) is 12.0 Å². The quantitative estimate of drug-likeness (QED) is 0.770. The van der Waals surface area contributed by atoms with Crippen LogP contribution < -0.4 is 4.74 Å². The van der Waals surface area contributed by atoms with Crippen LogP contribution in [0.25, 0.3) is 11.1 Å². The van der Waals surface area contributed by atoms with Crippen LogP contribution in [0.4, 0.5) is 0 Å². The van der Waals surface area contributed by atoms with Gasteiger partial charge in [0.2, 0.25) is 0 Å². The molecule has 2 aromatic rings. The Morgan fingerprint density at radius 3 is 2.18 bits per heavy atom. The summed E-state index contributed by atoms with van der Waals surface area (Å²) in [6.07, 6.45) is 1.06. The van der Waals surface area contributed by atoms with Crippen molar-refractivity contribution in [2.45, 2.75) is 13.3 Å². The number of hydrogen-bond donors (Lipinski definition) is 0. The van der Waals surface area contributed by atoms with E-state index in [4.69, 9.17) is 16.3 Å². The first-order valence-electron chi connectivity index (χ1n) is 5.67. The number of rotatable bonds is 3. The van der Waals surface area contributed by atoms with Crippen molar-refractivity contribution in [3.63, 3.8) is 0 Å². The summed E-state index contributed by atoms with van der Waals surface area (Å²) < 4.78 is 5.14. The van der Waals surface area contributed by atoms with Gasteiger partial charge in [0.15, 0.2) is 0 Å². The van der Waals surface area contributed by atoms with E-state index < -0.39 is 0 Å². The summed E-state index contributed by atoms with van der Waals surface area (Å²) in [7, 11) is 1.62. The predicted molar refractivity (Wildman–Crippen MR) is 72.8 cm³/mol. The zero-order chi connectivity index (χ0) is 12.3. The molecule has 0 N–H and O–H groups in total. The van der Waals surface area contributed by atoms with E-state index in [2.05, 4.69) is 31.2 Å². The molecule has 0 aliphatic rings. The summed E-state index contributed by atoms with van der Waals surface area (Å²) in [4.78, 5) is 0. The fraction of sp³-hybridized carbons (Fsp3) is 0.200. The average molecular weight is 247 g/mol. The highest BCUT2D eigenvalue weighted by Gasteiger charge is 2.03. The molecule has 0 unspecified atom stereocenters. The first-order valence-corrected chi connectivity index (χ1v) is 6.05. The number of benzene rings is 2. The molecule has 0 saturated heterocycles. The first-order chi connectivity index (χ1) is 8.24. The Kier molecular flexibility index (Phi) is 3.70. The number of halogens is 1. The molecule has 1 nitrogen and oxygen atoms in total. The van der Waals surface area contributed by atoms with E-state index in [0.29, 0.717) is 10.8 Å². The second-order valence-corrected chi connectivity index (χ2v) is 4.31. The molecular formula is C15H15ClO. The smallest absolute Gasteiger partial charge is 0.137 e. The largest absolute Gasteiger partial charge is 0.495 e. The molecule has 0 saturated carbocycles. The highest BCUT2D eigenvalue weighted by atomic mass is 35.5. The third kappa shape index (κ3) is 2.62. The number of aryl methyl sites for hydroxylation is 1. The predicted octanol–water partition coefficient (Wildman–Crippen LogP) is 4.58. The van der Waals surface area contributed by atoms with Gasteiger partial charge in [-0.3, -0.25) is 0 Å². The Morgan fingerprint density at radius 2 is 1.65 bits per heavy atom. The molecule has 0 aromatic heterocycles. The molecule has 2 heteroatoms. The molecule has 0 bridgehead atoms. The number of methoxy groups -OCH3 is 1. The van der Waals surface area contributed by atoms with Crippen LogP contribution in [0.5, 0.6) is 5.75 Å². The van der Waals surface area contributed by atoms with Gasteiger partial charge in [-0.2, -0.15) is 0 Å². The SMILES string of the molecule is CCc1ccc(-c2ccc(OC)c(Cl)c2)cc1. The molecule has 0 spiro atoms. The third-order valence-corrected chi connectivity index (χ3v) is 3.14. The van der Waals surface area contributed by atoms with Gasteiger partial charge in [0, 0.05) is 0 Å². The van der Waals surface area contributed by atoms with Crippen LogP contribution >= 0.6 is 11.6 Å². The van der Waals surface area contributed by atoms with Crippen LogP contribution in [0.15, 0.2) is 42.5 Å². The standard InChI is InChI=1S/C15H15ClO/c1-3-11-4-6-12(7-5-11)13-8-9-15(17-2)14(16)10-13/h4-10H,3H2,1-2H3. The van der Waals surface area contributed by atoms with Crippen molar-refractivity contribution in [3.8, 4) is 16.9 Å². The van der Waals surface area contributed by atoms with Crippen molar-refractivity contribution < 1.29 is 4.74 Å². The lowest BCUT2D eigenvalue weighted by atomic mass is 10.0. The summed E-state index contributed by atoms with van der Waals surface area (Å²) in [6, 6.07) is 14.4. The molecule has 2 rings (SSSR count). The molecule has 2 aromatic carbocycles. The summed E-state index contributed by atoms with van der Waals surface area (Å²) >= 11 is 6.11. The van der Waals surface area contributed by atoms with Crippen LogP contribution in [0.3, 0.4) is 0 Å². The van der Waals surface area contributed by atoms with Gasteiger partial charge < -0.3 is 4.74 Å². The molecule has 0 fully saturated rings. The monoisotopic (exact) mass is 246 g/mol. The average Bonchev–Trinajstić information content (AvgIpc) is 2.39. The Hall–Kier alpha value is -1.47. The van der Waals surface area contributed by atoms with Crippen molar-refractivity contribution in [1.29, 1.82) is 0 Å². The Bertz CT molecular complexity index is 503. The van der Waals surface area contributed by atoms with Crippen molar-refractivity contribution in [1.82, 2.24) is 0 Å². The van der Waals surface area contributed by atoms with Crippen LogP contribution in [0, 0.1) is 0 Å². The van der Waals surface area contributed by atoms with Crippen molar-refractivity contribution >= 4 is 11.6 Å². The zero-order valence-electron chi connectivity index (χ0n) is 10.0. The maximum atomic E-state index is 6.11. The summed E-state index contributed by atoms with van der Waals surface area (Å²) in [6.45, 7) is 2.15. The van der Waals surface area contributed by atoms with Gasteiger partial charge in [-0.15, -0.1) is 0 Å². The minimum Gasteiger partial charge on any atom is -0.495 e. The van der Waals surface area contributed by atoms with Gasteiger partial charge in [0.25, 0.3) is 0 Å². The molecule has 88 valence electrons. The van der Waals surface area contributed by atoms with Gasteiger partial charge in [0.05, 0.1) is 12.1 Å². The Labute approximate surface area is 107 Å². The second-order valence-electron chi connectivity index (χ2n) is 3.90. The van der Waals surface area contributed by atoms with Gasteiger partial charge >= 0.3 is 0 Å². The van der Waals surface area contributed by atoms with Gasteiger partial charge in [-0.1, -0.05) is 48.9 Å². The normalized spacial score (nSPS) is 10.3. The highest BCUT2D eigenvalue weighted by Crippen LogP contribution is 2.30.